The summed E-state index contributed by atoms with van der Waals surface area (Å²) in [5, 5.41) is 16.8. The van der Waals surface area contributed by atoms with E-state index in [0.717, 1.165) is 16.7 Å². The first-order chi connectivity index (χ1) is 15.1. The summed E-state index contributed by atoms with van der Waals surface area (Å²) in [5.74, 6) is -0.113. The number of hydrogen-bond donors (Lipinski definition) is 2. The number of carbonyl (C=O) groups excluding carboxylic acids is 1. The van der Waals surface area contributed by atoms with Crippen LogP contribution in [0.15, 0.2) is 71.4 Å². The SMILES string of the molecule is COc1ccnc(C(=O)N[C@@H](C)c2nc(-c3ccc(-c4ccccc4)cc3)no2)c1O. The summed E-state index contributed by atoms with van der Waals surface area (Å²) in [5.41, 5.74) is 2.84. The second-order valence-corrected chi connectivity index (χ2v) is 6.81. The molecule has 8 heteroatoms. The molecule has 0 fully saturated rings. The van der Waals surface area contributed by atoms with Crippen LogP contribution in [0.1, 0.15) is 29.3 Å². The highest BCUT2D eigenvalue weighted by atomic mass is 16.5. The van der Waals surface area contributed by atoms with Gasteiger partial charge in [0, 0.05) is 17.8 Å². The van der Waals surface area contributed by atoms with E-state index in [9.17, 15) is 9.90 Å². The van der Waals surface area contributed by atoms with E-state index in [4.69, 9.17) is 9.26 Å². The molecule has 0 radical (unpaired) electrons. The standard InChI is InChI=1S/C23H20N4O4/c1-14(25-22(29)19-20(28)18(30-2)12-13-24-19)23-26-21(27-31-23)17-10-8-16(9-11-17)15-6-4-3-5-7-15/h3-14,28H,1-2H3,(H,25,29)/t14-/m0/s1. The summed E-state index contributed by atoms with van der Waals surface area (Å²) < 4.78 is 10.3. The van der Waals surface area contributed by atoms with Crippen LogP contribution in [0.3, 0.4) is 0 Å². The quantitative estimate of drug-likeness (QED) is 0.489. The minimum absolute atomic E-state index is 0.151. The first-order valence-electron chi connectivity index (χ1n) is 9.59. The van der Waals surface area contributed by atoms with Crippen molar-refractivity contribution in [3.05, 3.63) is 78.4 Å². The Hall–Kier alpha value is -4.20. The summed E-state index contributed by atoms with van der Waals surface area (Å²) in [4.78, 5) is 20.8. The Bertz CT molecular complexity index is 1190. The van der Waals surface area contributed by atoms with Crippen LogP contribution < -0.4 is 10.1 Å². The zero-order chi connectivity index (χ0) is 21.8. The van der Waals surface area contributed by atoms with Crippen molar-refractivity contribution < 1.29 is 19.2 Å². The van der Waals surface area contributed by atoms with Gasteiger partial charge in [-0.15, -0.1) is 0 Å². The molecule has 2 heterocycles. The van der Waals surface area contributed by atoms with Crippen LogP contribution in [-0.4, -0.2) is 33.2 Å². The van der Waals surface area contributed by atoms with E-state index in [1.54, 1.807) is 6.92 Å². The molecule has 31 heavy (non-hydrogen) atoms. The van der Waals surface area contributed by atoms with Crippen molar-refractivity contribution in [2.45, 2.75) is 13.0 Å². The fraction of sp³-hybridized carbons (Fsp3) is 0.130. The molecule has 8 nitrogen and oxygen atoms in total. The predicted molar refractivity (Wildman–Crippen MR) is 114 cm³/mol. The van der Waals surface area contributed by atoms with Gasteiger partial charge in [-0.2, -0.15) is 4.98 Å². The lowest BCUT2D eigenvalue weighted by Crippen LogP contribution is -2.27. The molecular formula is C23H20N4O4. The Labute approximate surface area is 178 Å². The topological polar surface area (TPSA) is 110 Å². The second kappa shape index (κ2) is 8.66. The predicted octanol–water partition coefficient (Wildman–Crippen LogP) is 4.00. The normalized spacial score (nSPS) is 11.7. The minimum Gasteiger partial charge on any atom is -0.503 e. The van der Waals surface area contributed by atoms with Gasteiger partial charge in [0.25, 0.3) is 5.91 Å². The number of methoxy groups -OCH3 is 1. The molecule has 2 aromatic heterocycles. The number of amides is 1. The number of nitrogens with zero attached hydrogens (tertiary/aromatic N) is 3. The minimum atomic E-state index is -0.593. The lowest BCUT2D eigenvalue weighted by atomic mass is 10.0. The molecule has 4 rings (SSSR count). The Morgan fingerprint density at radius 2 is 1.71 bits per heavy atom. The van der Waals surface area contributed by atoms with Gasteiger partial charge in [0.15, 0.2) is 17.2 Å². The van der Waals surface area contributed by atoms with Crippen molar-refractivity contribution in [1.29, 1.82) is 0 Å². The zero-order valence-electron chi connectivity index (χ0n) is 16.9. The molecule has 0 aliphatic heterocycles. The average Bonchev–Trinajstić information content (AvgIpc) is 3.30. The van der Waals surface area contributed by atoms with Crippen molar-refractivity contribution in [3.8, 4) is 34.0 Å². The molecule has 156 valence electrons. The average molecular weight is 416 g/mol. The molecule has 0 spiro atoms. The maximum absolute atomic E-state index is 12.5. The van der Waals surface area contributed by atoms with Gasteiger partial charge in [-0.1, -0.05) is 59.8 Å². The van der Waals surface area contributed by atoms with Gasteiger partial charge in [-0.05, 0) is 18.1 Å². The molecular weight excluding hydrogens is 396 g/mol. The van der Waals surface area contributed by atoms with Crippen LogP contribution in [0, 0.1) is 0 Å². The summed E-state index contributed by atoms with van der Waals surface area (Å²) in [6.07, 6.45) is 1.38. The smallest absolute Gasteiger partial charge is 0.274 e. The van der Waals surface area contributed by atoms with Crippen LogP contribution in [-0.2, 0) is 0 Å². The van der Waals surface area contributed by atoms with Gasteiger partial charge in [0.2, 0.25) is 11.7 Å². The molecule has 2 aromatic carbocycles. The number of rotatable bonds is 6. The van der Waals surface area contributed by atoms with E-state index in [1.807, 2.05) is 54.6 Å². The first-order valence-corrected chi connectivity index (χ1v) is 9.59. The number of aromatic nitrogens is 3. The largest absolute Gasteiger partial charge is 0.503 e. The highest BCUT2D eigenvalue weighted by molar-refractivity contribution is 5.95. The van der Waals surface area contributed by atoms with Crippen LogP contribution in [0.4, 0.5) is 0 Å². The Morgan fingerprint density at radius 1 is 1.03 bits per heavy atom. The molecule has 2 N–H and O–H groups in total. The first kappa shape index (κ1) is 20.1. The van der Waals surface area contributed by atoms with E-state index in [0.29, 0.717) is 5.82 Å². The van der Waals surface area contributed by atoms with Crippen molar-refractivity contribution in [2.75, 3.05) is 7.11 Å². The lowest BCUT2D eigenvalue weighted by Gasteiger charge is -2.11. The van der Waals surface area contributed by atoms with E-state index in [2.05, 4.69) is 20.4 Å². The van der Waals surface area contributed by atoms with Gasteiger partial charge < -0.3 is 19.7 Å². The highest BCUT2D eigenvalue weighted by Gasteiger charge is 2.22. The number of nitrogens with one attached hydrogen (secondary N) is 1. The summed E-state index contributed by atoms with van der Waals surface area (Å²) in [6, 6.07) is 18.7. The summed E-state index contributed by atoms with van der Waals surface area (Å²) >= 11 is 0. The molecule has 0 saturated carbocycles. The van der Waals surface area contributed by atoms with Crippen LogP contribution in [0.2, 0.25) is 0 Å². The third-order valence-corrected chi connectivity index (χ3v) is 4.73. The lowest BCUT2D eigenvalue weighted by molar-refractivity contribution is 0.0923. The van der Waals surface area contributed by atoms with Crippen LogP contribution >= 0.6 is 0 Å². The third kappa shape index (κ3) is 4.23. The van der Waals surface area contributed by atoms with Crippen molar-refractivity contribution in [1.82, 2.24) is 20.4 Å². The number of hydrogen-bond acceptors (Lipinski definition) is 7. The Kier molecular flexibility index (Phi) is 5.61. The van der Waals surface area contributed by atoms with Crippen LogP contribution in [0.5, 0.6) is 11.5 Å². The van der Waals surface area contributed by atoms with E-state index in [-0.39, 0.29) is 23.1 Å². The van der Waals surface area contributed by atoms with Gasteiger partial charge >= 0.3 is 0 Å². The molecule has 0 saturated heterocycles. The van der Waals surface area contributed by atoms with Crippen molar-refractivity contribution in [3.63, 3.8) is 0 Å². The molecule has 1 amide bonds. The molecule has 1 atom stereocenters. The second-order valence-electron chi connectivity index (χ2n) is 6.81. The van der Waals surface area contributed by atoms with Gasteiger partial charge in [0.1, 0.15) is 6.04 Å². The van der Waals surface area contributed by atoms with Gasteiger partial charge in [0.05, 0.1) is 7.11 Å². The summed E-state index contributed by atoms with van der Waals surface area (Å²) in [7, 11) is 1.39. The fourth-order valence-corrected chi connectivity index (χ4v) is 3.06. The molecule has 0 bridgehead atoms. The highest BCUT2D eigenvalue weighted by Crippen LogP contribution is 2.28. The maximum Gasteiger partial charge on any atom is 0.274 e. The number of pyridine rings is 1. The van der Waals surface area contributed by atoms with Crippen LogP contribution in [0.25, 0.3) is 22.5 Å². The van der Waals surface area contributed by atoms with E-state index < -0.39 is 11.9 Å². The van der Waals surface area contributed by atoms with Crippen molar-refractivity contribution >= 4 is 5.91 Å². The molecule has 0 aliphatic rings. The number of ether oxygens (including phenoxy) is 1. The Balaban J connectivity index is 1.48. The number of aromatic hydroxyl groups is 1. The van der Waals surface area contributed by atoms with Gasteiger partial charge in [-0.3, -0.25) is 4.79 Å². The van der Waals surface area contributed by atoms with E-state index in [1.165, 1.54) is 19.4 Å². The van der Waals surface area contributed by atoms with Gasteiger partial charge in [-0.25, -0.2) is 4.98 Å². The number of carbonyl (C=O) groups is 1. The molecule has 0 unspecified atom stereocenters. The molecule has 4 aromatic rings. The van der Waals surface area contributed by atoms with E-state index >= 15 is 0 Å². The summed E-state index contributed by atoms with van der Waals surface area (Å²) in [6.45, 7) is 1.70. The zero-order valence-corrected chi connectivity index (χ0v) is 16.9. The molecule has 0 aliphatic carbocycles. The third-order valence-electron chi connectivity index (χ3n) is 4.73. The van der Waals surface area contributed by atoms with Crippen molar-refractivity contribution in [2.24, 2.45) is 0 Å². The monoisotopic (exact) mass is 416 g/mol. The number of benzene rings is 2. The maximum atomic E-state index is 12.5. The fourth-order valence-electron chi connectivity index (χ4n) is 3.06. The Morgan fingerprint density at radius 3 is 2.42 bits per heavy atom.